The summed E-state index contributed by atoms with van der Waals surface area (Å²) >= 11 is 0. The van der Waals surface area contributed by atoms with Gasteiger partial charge in [-0.05, 0) is 47.9 Å². The third-order valence-electron chi connectivity index (χ3n) is 7.62. The number of methoxy groups -OCH3 is 4. The lowest BCUT2D eigenvalue weighted by atomic mass is 9.91. The van der Waals surface area contributed by atoms with Gasteiger partial charge in [-0.1, -0.05) is 6.07 Å². The van der Waals surface area contributed by atoms with Crippen molar-refractivity contribution in [2.45, 2.75) is 26.8 Å². The van der Waals surface area contributed by atoms with Crippen LogP contribution in [0.4, 0.5) is 0 Å². The van der Waals surface area contributed by atoms with Crippen LogP contribution in [-0.4, -0.2) is 44.9 Å². The van der Waals surface area contributed by atoms with Gasteiger partial charge in [-0.3, -0.25) is 9.59 Å². The number of carbonyl (C=O) groups is 2. The molecule has 0 N–H and O–H groups in total. The third-order valence-corrected chi connectivity index (χ3v) is 7.62. The van der Waals surface area contributed by atoms with E-state index < -0.39 is 17.6 Å². The lowest BCUT2D eigenvalue weighted by molar-refractivity contribution is -0.132. The normalized spacial score (nSPS) is 12.0. The minimum Gasteiger partial charge on any atom is -0.493 e. The fourth-order valence-electron chi connectivity index (χ4n) is 5.88. The van der Waals surface area contributed by atoms with Gasteiger partial charge in [0.2, 0.25) is 0 Å². The standard InChI is InChI=1S/C33H29NO10/c1-16(35)42-22-8-7-19(12-24(22)38-3)29-30-21-14-27(41-6)28(43-17(2)36)15-23(21)44-33(37)32(30)34-10-9-18-11-25(39-4)26(40-5)13-20(18)31(29)34/h7-8,11-15H,9-10H2,1-6H3. The number of esters is 2. The molecule has 0 amide bonds. The summed E-state index contributed by atoms with van der Waals surface area (Å²) in [5.74, 6) is 1.08. The molecule has 2 aromatic heterocycles. The van der Waals surface area contributed by atoms with Crippen LogP contribution in [0.2, 0.25) is 0 Å². The Balaban J connectivity index is 1.78. The SMILES string of the molecule is COc1cc2c(cc1OC)-c1c(-c3ccc(OC(C)=O)c(OC)c3)c3c4cc(OC)c(OC(C)=O)cc4oc(=O)c3n1CC2. The van der Waals surface area contributed by atoms with E-state index in [2.05, 4.69) is 0 Å². The summed E-state index contributed by atoms with van der Waals surface area (Å²) < 4.78 is 40.9. The summed E-state index contributed by atoms with van der Waals surface area (Å²) in [6.45, 7) is 3.07. The molecule has 3 aromatic carbocycles. The van der Waals surface area contributed by atoms with Gasteiger partial charge in [-0.2, -0.15) is 0 Å². The first kappa shape index (κ1) is 28.7. The predicted molar refractivity (Wildman–Crippen MR) is 161 cm³/mol. The van der Waals surface area contributed by atoms with Crippen LogP contribution in [0.15, 0.2) is 51.7 Å². The van der Waals surface area contributed by atoms with E-state index in [9.17, 15) is 14.4 Å². The van der Waals surface area contributed by atoms with Crippen molar-refractivity contribution >= 4 is 33.8 Å². The van der Waals surface area contributed by atoms with Crippen LogP contribution in [0.5, 0.6) is 34.5 Å². The summed E-state index contributed by atoms with van der Waals surface area (Å²) in [5.41, 5.74) is 4.01. The summed E-state index contributed by atoms with van der Waals surface area (Å²) in [5, 5.41) is 1.16. The molecule has 1 aliphatic heterocycles. The van der Waals surface area contributed by atoms with Gasteiger partial charge >= 0.3 is 17.6 Å². The zero-order chi connectivity index (χ0) is 31.3. The van der Waals surface area contributed by atoms with Crippen LogP contribution in [0, 0.1) is 0 Å². The highest BCUT2D eigenvalue weighted by Gasteiger charge is 2.31. The molecule has 1 aliphatic rings. The summed E-state index contributed by atoms with van der Waals surface area (Å²) in [6, 6.07) is 12.2. The maximum Gasteiger partial charge on any atom is 0.361 e. The van der Waals surface area contributed by atoms with Crippen LogP contribution in [-0.2, 0) is 22.6 Å². The van der Waals surface area contributed by atoms with Crippen LogP contribution < -0.4 is 34.0 Å². The van der Waals surface area contributed by atoms with Crippen molar-refractivity contribution in [3.63, 3.8) is 0 Å². The number of aryl methyl sites for hydroxylation is 2. The Morgan fingerprint density at radius 2 is 1.36 bits per heavy atom. The number of fused-ring (bicyclic) bond motifs is 7. The maximum absolute atomic E-state index is 13.8. The van der Waals surface area contributed by atoms with Crippen molar-refractivity contribution in [3.05, 3.63) is 58.4 Å². The quantitative estimate of drug-likeness (QED) is 0.134. The Morgan fingerprint density at radius 3 is 2.02 bits per heavy atom. The van der Waals surface area contributed by atoms with E-state index in [1.54, 1.807) is 38.5 Å². The number of aromatic nitrogens is 1. The molecule has 11 heteroatoms. The highest BCUT2D eigenvalue weighted by molar-refractivity contribution is 6.17. The lowest BCUT2D eigenvalue weighted by Crippen LogP contribution is -2.15. The number of benzene rings is 3. The fraction of sp³-hybridized carbons (Fsp3) is 0.242. The first-order chi connectivity index (χ1) is 21.2. The minimum absolute atomic E-state index is 0.120. The van der Waals surface area contributed by atoms with Gasteiger partial charge in [-0.15, -0.1) is 0 Å². The summed E-state index contributed by atoms with van der Waals surface area (Å²) in [4.78, 5) is 37.3. The second-order valence-corrected chi connectivity index (χ2v) is 10.2. The molecule has 11 nitrogen and oxygen atoms in total. The number of ether oxygens (including phenoxy) is 6. The zero-order valence-electron chi connectivity index (χ0n) is 25.0. The number of hydrogen-bond donors (Lipinski definition) is 0. The average molecular weight is 600 g/mol. The minimum atomic E-state index is -0.564. The molecule has 0 bridgehead atoms. The van der Waals surface area contributed by atoms with Gasteiger partial charge in [0.25, 0.3) is 0 Å². The Morgan fingerprint density at radius 1 is 0.750 bits per heavy atom. The van der Waals surface area contributed by atoms with Crippen molar-refractivity contribution in [2.75, 3.05) is 28.4 Å². The smallest absolute Gasteiger partial charge is 0.361 e. The molecular weight excluding hydrogens is 570 g/mol. The zero-order valence-corrected chi connectivity index (χ0v) is 25.0. The maximum atomic E-state index is 13.8. The Kier molecular flexibility index (Phi) is 7.16. The van der Waals surface area contributed by atoms with E-state index in [-0.39, 0.29) is 22.8 Å². The molecular formula is C33H29NO10. The molecule has 0 atom stereocenters. The van der Waals surface area contributed by atoms with Gasteiger partial charge in [0, 0.05) is 48.4 Å². The molecule has 44 heavy (non-hydrogen) atoms. The molecule has 3 heterocycles. The van der Waals surface area contributed by atoms with Crippen LogP contribution in [0.1, 0.15) is 19.4 Å². The highest BCUT2D eigenvalue weighted by Crippen LogP contribution is 2.50. The highest BCUT2D eigenvalue weighted by atomic mass is 16.6. The van der Waals surface area contributed by atoms with Gasteiger partial charge < -0.3 is 37.4 Å². The predicted octanol–water partition coefficient (Wildman–Crippen LogP) is 5.52. The molecule has 226 valence electrons. The monoisotopic (exact) mass is 599 g/mol. The van der Waals surface area contributed by atoms with E-state index >= 15 is 0 Å². The molecule has 0 aliphatic carbocycles. The van der Waals surface area contributed by atoms with Crippen molar-refractivity contribution in [2.24, 2.45) is 0 Å². The average Bonchev–Trinajstić information content (AvgIpc) is 3.36. The summed E-state index contributed by atoms with van der Waals surface area (Å²) in [7, 11) is 6.10. The van der Waals surface area contributed by atoms with Gasteiger partial charge in [-0.25, -0.2) is 4.79 Å². The van der Waals surface area contributed by atoms with E-state index in [1.807, 2.05) is 16.7 Å². The fourth-order valence-corrected chi connectivity index (χ4v) is 5.88. The van der Waals surface area contributed by atoms with Crippen molar-refractivity contribution in [1.82, 2.24) is 4.57 Å². The molecule has 0 fully saturated rings. The van der Waals surface area contributed by atoms with Crippen molar-refractivity contribution in [1.29, 1.82) is 0 Å². The number of carbonyl (C=O) groups excluding carboxylic acids is 2. The molecule has 0 saturated carbocycles. The largest absolute Gasteiger partial charge is 0.493 e. The van der Waals surface area contributed by atoms with E-state index in [1.165, 1.54) is 34.1 Å². The van der Waals surface area contributed by atoms with Gasteiger partial charge in [0.05, 0.1) is 34.1 Å². The van der Waals surface area contributed by atoms with E-state index in [0.717, 1.165) is 16.8 Å². The van der Waals surface area contributed by atoms with E-state index in [0.29, 0.717) is 57.6 Å². The lowest BCUT2D eigenvalue weighted by Gasteiger charge is -2.23. The number of rotatable bonds is 7. The van der Waals surface area contributed by atoms with Crippen molar-refractivity contribution < 1.29 is 42.4 Å². The number of nitrogens with zero attached hydrogens (tertiary/aromatic N) is 1. The Bertz CT molecular complexity index is 2050. The van der Waals surface area contributed by atoms with E-state index in [4.69, 9.17) is 32.8 Å². The summed E-state index contributed by atoms with van der Waals surface area (Å²) in [6.07, 6.45) is 0.618. The second kappa shape index (κ2) is 11.0. The third kappa shape index (κ3) is 4.57. The van der Waals surface area contributed by atoms with Crippen molar-refractivity contribution in [3.8, 4) is 56.9 Å². The van der Waals surface area contributed by atoms with Crippen LogP contribution in [0.3, 0.4) is 0 Å². The van der Waals surface area contributed by atoms with Gasteiger partial charge in [0.15, 0.2) is 34.5 Å². The molecule has 0 saturated heterocycles. The molecule has 0 radical (unpaired) electrons. The second-order valence-electron chi connectivity index (χ2n) is 10.2. The molecule has 5 aromatic rings. The van der Waals surface area contributed by atoms with Crippen LogP contribution >= 0.6 is 0 Å². The first-order valence-corrected chi connectivity index (χ1v) is 13.7. The Labute approximate surface area is 251 Å². The van der Waals surface area contributed by atoms with Crippen LogP contribution in [0.25, 0.3) is 44.3 Å². The topological polar surface area (TPSA) is 125 Å². The first-order valence-electron chi connectivity index (χ1n) is 13.7. The molecule has 0 unspecified atom stereocenters. The van der Waals surface area contributed by atoms with Gasteiger partial charge in [0.1, 0.15) is 11.1 Å². The molecule has 6 rings (SSSR count). The Hall–Kier alpha value is -5.45. The molecule has 0 spiro atoms. The number of hydrogen-bond acceptors (Lipinski definition) is 10.